The molecular weight excluding hydrogens is 320 g/mol. The van der Waals surface area contributed by atoms with E-state index in [1.165, 1.54) is 19.1 Å². The van der Waals surface area contributed by atoms with Gasteiger partial charge in [0.2, 0.25) is 0 Å². The van der Waals surface area contributed by atoms with Gasteiger partial charge >= 0.3 is 0 Å². The maximum atomic E-state index is 12.6. The molecule has 1 aliphatic heterocycles. The molecule has 1 N–H and O–H groups in total. The first-order chi connectivity index (χ1) is 12.2. The van der Waals surface area contributed by atoms with Crippen LogP contribution in [0.2, 0.25) is 0 Å². The lowest BCUT2D eigenvalue weighted by Gasteiger charge is -2.34. The molecule has 2 aromatic heterocycles. The minimum Gasteiger partial charge on any atom is -0.459 e. The van der Waals surface area contributed by atoms with Gasteiger partial charge in [-0.1, -0.05) is 0 Å². The van der Waals surface area contributed by atoms with Crippen LogP contribution in [0.15, 0.2) is 41.1 Å². The molecule has 2 aliphatic rings. The second kappa shape index (κ2) is 6.58. The summed E-state index contributed by atoms with van der Waals surface area (Å²) in [5, 5.41) is 3.35. The van der Waals surface area contributed by atoms with Gasteiger partial charge in [0.25, 0.3) is 11.8 Å². The highest BCUT2D eigenvalue weighted by atomic mass is 16.3. The van der Waals surface area contributed by atoms with Crippen LogP contribution in [-0.2, 0) is 0 Å². The van der Waals surface area contributed by atoms with Gasteiger partial charge in [0, 0.05) is 32.2 Å². The number of anilines is 1. The smallest absolute Gasteiger partial charge is 0.289 e. The third kappa shape index (κ3) is 3.50. The summed E-state index contributed by atoms with van der Waals surface area (Å²) in [6.45, 7) is 1.98. The zero-order valence-electron chi connectivity index (χ0n) is 13.9. The van der Waals surface area contributed by atoms with Crippen molar-refractivity contribution in [1.82, 2.24) is 14.8 Å². The molecule has 0 aromatic carbocycles. The maximum absolute atomic E-state index is 12.6. The Balaban J connectivity index is 1.33. The van der Waals surface area contributed by atoms with E-state index in [-0.39, 0.29) is 11.8 Å². The summed E-state index contributed by atoms with van der Waals surface area (Å²) in [4.78, 5) is 32.5. The van der Waals surface area contributed by atoms with Crippen molar-refractivity contribution in [2.45, 2.75) is 18.9 Å². The van der Waals surface area contributed by atoms with Crippen molar-refractivity contribution >= 4 is 17.5 Å². The number of rotatable bonds is 4. The van der Waals surface area contributed by atoms with Gasteiger partial charge in [-0.3, -0.25) is 9.59 Å². The molecule has 0 radical (unpaired) electrons. The van der Waals surface area contributed by atoms with Crippen LogP contribution in [0.3, 0.4) is 0 Å². The second-order valence-electron chi connectivity index (χ2n) is 6.41. The number of hydrogen-bond donors (Lipinski definition) is 1. The summed E-state index contributed by atoms with van der Waals surface area (Å²) >= 11 is 0. The SMILES string of the molecule is O=C(c1ccc(NC2CC2)cn1)N1CCN(C(=O)c2ccco2)CC1. The molecule has 7 heteroatoms. The van der Waals surface area contributed by atoms with Gasteiger partial charge in [0.1, 0.15) is 5.69 Å². The third-order valence-electron chi connectivity index (χ3n) is 4.52. The number of furan rings is 1. The number of piperazine rings is 1. The van der Waals surface area contributed by atoms with Gasteiger partial charge in [-0.05, 0) is 37.1 Å². The lowest BCUT2D eigenvalue weighted by molar-refractivity contribution is 0.0515. The van der Waals surface area contributed by atoms with Crippen LogP contribution in [0.5, 0.6) is 0 Å². The van der Waals surface area contributed by atoms with Gasteiger partial charge in [-0.2, -0.15) is 0 Å². The molecule has 0 bridgehead atoms. The zero-order chi connectivity index (χ0) is 17.2. The topological polar surface area (TPSA) is 78.7 Å². The number of carbonyl (C=O) groups is 2. The fraction of sp³-hybridized carbons (Fsp3) is 0.389. The predicted octanol–water partition coefficient (Wildman–Crippen LogP) is 1.85. The number of hydrogen-bond acceptors (Lipinski definition) is 5. The maximum Gasteiger partial charge on any atom is 0.289 e. The fourth-order valence-electron chi connectivity index (χ4n) is 2.90. The molecule has 2 amide bonds. The largest absolute Gasteiger partial charge is 0.459 e. The van der Waals surface area contributed by atoms with Gasteiger partial charge < -0.3 is 19.5 Å². The van der Waals surface area contributed by atoms with Crippen LogP contribution in [-0.4, -0.2) is 58.8 Å². The number of carbonyl (C=O) groups excluding carboxylic acids is 2. The van der Waals surface area contributed by atoms with Gasteiger partial charge in [-0.15, -0.1) is 0 Å². The van der Waals surface area contributed by atoms with E-state index in [0.29, 0.717) is 43.7 Å². The van der Waals surface area contributed by atoms with Crippen molar-refractivity contribution in [3.63, 3.8) is 0 Å². The van der Waals surface area contributed by atoms with Crippen LogP contribution >= 0.6 is 0 Å². The number of nitrogens with one attached hydrogen (secondary N) is 1. The average Bonchev–Trinajstić information content (AvgIpc) is 3.30. The molecule has 25 heavy (non-hydrogen) atoms. The molecule has 1 saturated heterocycles. The Hall–Kier alpha value is -2.83. The van der Waals surface area contributed by atoms with Crippen molar-refractivity contribution in [2.75, 3.05) is 31.5 Å². The van der Waals surface area contributed by atoms with Crippen LogP contribution in [0.4, 0.5) is 5.69 Å². The monoisotopic (exact) mass is 340 g/mol. The third-order valence-corrected chi connectivity index (χ3v) is 4.52. The summed E-state index contributed by atoms with van der Waals surface area (Å²) in [5.74, 6) is 0.106. The average molecular weight is 340 g/mol. The first-order valence-electron chi connectivity index (χ1n) is 8.55. The Morgan fingerprint density at radius 1 is 1.04 bits per heavy atom. The molecule has 0 unspecified atom stereocenters. The second-order valence-corrected chi connectivity index (χ2v) is 6.41. The first kappa shape index (κ1) is 15.7. The Morgan fingerprint density at radius 3 is 2.32 bits per heavy atom. The van der Waals surface area contributed by atoms with Crippen molar-refractivity contribution < 1.29 is 14.0 Å². The van der Waals surface area contributed by atoms with Gasteiger partial charge in [0.05, 0.1) is 18.1 Å². The highest BCUT2D eigenvalue weighted by molar-refractivity contribution is 5.93. The Morgan fingerprint density at radius 2 is 1.76 bits per heavy atom. The summed E-state index contributed by atoms with van der Waals surface area (Å²) < 4.78 is 5.15. The number of nitrogens with zero attached hydrogens (tertiary/aromatic N) is 3. The van der Waals surface area contributed by atoms with E-state index in [1.807, 2.05) is 6.07 Å². The van der Waals surface area contributed by atoms with Gasteiger partial charge in [0.15, 0.2) is 5.76 Å². The van der Waals surface area contributed by atoms with Crippen molar-refractivity contribution in [3.05, 3.63) is 48.2 Å². The number of amides is 2. The number of pyridine rings is 1. The summed E-state index contributed by atoms with van der Waals surface area (Å²) in [6.07, 6.45) is 5.59. The molecule has 3 heterocycles. The summed E-state index contributed by atoms with van der Waals surface area (Å²) in [6, 6.07) is 7.56. The molecule has 4 rings (SSSR count). The first-order valence-corrected chi connectivity index (χ1v) is 8.55. The summed E-state index contributed by atoms with van der Waals surface area (Å²) in [7, 11) is 0. The standard InChI is InChI=1S/C18H20N4O3/c23-17(15-6-5-14(12-19-15)20-13-3-4-13)21-7-9-22(10-8-21)18(24)16-2-1-11-25-16/h1-2,5-6,11-13,20H,3-4,7-10H2. The van der Waals surface area contributed by atoms with Crippen molar-refractivity contribution in [3.8, 4) is 0 Å². The van der Waals surface area contributed by atoms with E-state index >= 15 is 0 Å². The van der Waals surface area contributed by atoms with Crippen LogP contribution < -0.4 is 5.32 Å². The molecule has 130 valence electrons. The van der Waals surface area contributed by atoms with Gasteiger partial charge in [-0.25, -0.2) is 4.98 Å². The van der Waals surface area contributed by atoms with E-state index in [9.17, 15) is 9.59 Å². The highest BCUT2D eigenvalue weighted by Gasteiger charge is 2.27. The predicted molar refractivity (Wildman–Crippen MR) is 91.4 cm³/mol. The van der Waals surface area contributed by atoms with Crippen molar-refractivity contribution in [2.24, 2.45) is 0 Å². The van der Waals surface area contributed by atoms with Crippen molar-refractivity contribution in [1.29, 1.82) is 0 Å². The van der Waals surface area contributed by atoms with E-state index in [1.54, 1.807) is 34.2 Å². The van der Waals surface area contributed by atoms with Crippen LogP contribution in [0, 0.1) is 0 Å². The van der Waals surface area contributed by atoms with E-state index in [4.69, 9.17) is 4.42 Å². The molecular formula is C18H20N4O3. The molecule has 2 fully saturated rings. The Labute approximate surface area is 145 Å². The lowest BCUT2D eigenvalue weighted by Crippen LogP contribution is -2.50. The minimum absolute atomic E-state index is 0.0944. The molecule has 1 aliphatic carbocycles. The van der Waals surface area contributed by atoms with E-state index in [2.05, 4.69) is 10.3 Å². The minimum atomic E-state index is -0.134. The van der Waals surface area contributed by atoms with E-state index < -0.39 is 0 Å². The van der Waals surface area contributed by atoms with Crippen LogP contribution in [0.1, 0.15) is 33.9 Å². The summed E-state index contributed by atoms with van der Waals surface area (Å²) in [5.41, 5.74) is 1.39. The quantitative estimate of drug-likeness (QED) is 0.919. The molecule has 1 saturated carbocycles. The molecule has 0 spiro atoms. The van der Waals surface area contributed by atoms with Crippen LogP contribution in [0.25, 0.3) is 0 Å². The highest BCUT2D eigenvalue weighted by Crippen LogP contribution is 2.24. The van der Waals surface area contributed by atoms with E-state index in [0.717, 1.165) is 5.69 Å². The normalized spacial score (nSPS) is 17.4. The molecule has 7 nitrogen and oxygen atoms in total. The fourth-order valence-corrected chi connectivity index (χ4v) is 2.90. The lowest BCUT2D eigenvalue weighted by atomic mass is 10.2. The zero-order valence-corrected chi connectivity index (χ0v) is 13.9. The molecule has 2 aromatic rings. The molecule has 0 atom stereocenters. The Bertz CT molecular complexity index is 745. The number of aromatic nitrogens is 1. The Kier molecular flexibility index (Phi) is 4.13.